The zero-order valence-corrected chi connectivity index (χ0v) is 14.2. The lowest BCUT2D eigenvalue weighted by Gasteiger charge is -2.07. The van der Waals surface area contributed by atoms with Crippen LogP contribution in [0, 0.1) is 0 Å². The van der Waals surface area contributed by atoms with Gasteiger partial charge in [-0.25, -0.2) is 4.79 Å². The molecule has 0 saturated carbocycles. The summed E-state index contributed by atoms with van der Waals surface area (Å²) in [7, 11) is 0. The molecule has 0 aliphatic carbocycles. The van der Waals surface area contributed by atoms with Gasteiger partial charge >= 0.3 is 5.97 Å². The summed E-state index contributed by atoms with van der Waals surface area (Å²) in [6, 6.07) is 4.19. The largest absolute Gasteiger partial charge is 0.507 e. The number of ether oxygens (including phenoxy) is 1. The van der Waals surface area contributed by atoms with Gasteiger partial charge in [0.2, 0.25) is 0 Å². The highest BCUT2D eigenvalue weighted by molar-refractivity contribution is 5.95. The zero-order valence-electron chi connectivity index (χ0n) is 14.2. The van der Waals surface area contributed by atoms with Crippen LogP contribution in [0.5, 0.6) is 11.5 Å². The van der Waals surface area contributed by atoms with Gasteiger partial charge in [0, 0.05) is 0 Å². The van der Waals surface area contributed by atoms with Crippen molar-refractivity contribution in [2.45, 2.75) is 71.1 Å². The van der Waals surface area contributed by atoms with Crippen molar-refractivity contribution >= 4 is 5.97 Å². The van der Waals surface area contributed by atoms with E-state index < -0.39 is 5.97 Å². The highest BCUT2D eigenvalue weighted by Gasteiger charge is 2.17. The smallest absolute Gasteiger partial charge is 0.345 e. The average molecular weight is 322 g/mol. The van der Waals surface area contributed by atoms with Crippen molar-refractivity contribution in [1.82, 2.24) is 0 Å². The van der Waals surface area contributed by atoms with E-state index in [1.54, 1.807) is 0 Å². The van der Waals surface area contributed by atoms with Crippen LogP contribution >= 0.6 is 0 Å². The summed E-state index contributed by atoms with van der Waals surface area (Å²) in [5.74, 6) is -1.17. The van der Waals surface area contributed by atoms with E-state index in [9.17, 15) is 15.0 Å². The molecule has 23 heavy (non-hydrogen) atoms. The molecule has 0 fully saturated rings. The summed E-state index contributed by atoms with van der Waals surface area (Å²) in [4.78, 5) is 11.8. The van der Waals surface area contributed by atoms with Gasteiger partial charge in [0.15, 0.2) is 0 Å². The highest BCUT2D eigenvalue weighted by Crippen LogP contribution is 2.26. The number of aromatic hydroxyl groups is 2. The molecule has 0 bridgehead atoms. The monoisotopic (exact) mass is 322 g/mol. The first kappa shape index (κ1) is 19.3. The Morgan fingerprint density at radius 1 is 0.870 bits per heavy atom. The molecule has 130 valence electrons. The number of hydrogen-bond donors (Lipinski definition) is 2. The Morgan fingerprint density at radius 2 is 1.35 bits per heavy atom. The first-order valence-electron chi connectivity index (χ1n) is 8.85. The number of unbranched alkanes of at least 4 members (excludes halogenated alkanes) is 9. The van der Waals surface area contributed by atoms with Crippen LogP contribution in [0.1, 0.15) is 81.5 Å². The van der Waals surface area contributed by atoms with Crippen molar-refractivity contribution in [3.63, 3.8) is 0 Å². The van der Waals surface area contributed by atoms with E-state index in [-0.39, 0.29) is 17.1 Å². The minimum Gasteiger partial charge on any atom is -0.507 e. The van der Waals surface area contributed by atoms with Crippen LogP contribution in [0.2, 0.25) is 0 Å². The van der Waals surface area contributed by atoms with Gasteiger partial charge in [0.05, 0.1) is 6.61 Å². The number of phenols is 2. The van der Waals surface area contributed by atoms with E-state index in [2.05, 4.69) is 6.92 Å². The maximum Gasteiger partial charge on any atom is 0.345 e. The summed E-state index contributed by atoms with van der Waals surface area (Å²) in [5.41, 5.74) is -0.153. The van der Waals surface area contributed by atoms with Gasteiger partial charge in [-0.1, -0.05) is 70.8 Å². The molecule has 4 heteroatoms. The number of phenolic OH excluding ortho intramolecular Hbond substituents is 2. The van der Waals surface area contributed by atoms with Crippen LogP contribution in [-0.2, 0) is 4.74 Å². The highest BCUT2D eigenvalue weighted by atomic mass is 16.5. The van der Waals surface area contributed by atoms with E-state index in [1.165, 1.54) is 63.1 Å². The molecule has 0 spiro atoms. The predicted molar refractivity (Wildman–Crippen MR) is 91.9 cm³/mol. The molecular formula is C19H30O4. The maximum atomic E-state index is 11.8. The zero-order chi connectivity index (χ0) is 16.9. The van der Waals surface area contributed by atoms with Crippen molar-refractivity contribution in [2.75, 3.05) is 6.61 Å². The first-order valence-corrected chi connectivity index (χ1v) is 8.85. The Morgan fingerprint density at radius 3 is 1.87 bits per heavy atom. The molecule has 0 radical (unpaired) electrons. The van der Waals surface area contributed by atoms with Crippen molar-refractivity contribution in [1.29, 1.82) is 0 Å². The molecule has 0 aromatic heterocycles. The molecule has 0 unspecified atom stereocenters. The molecule has 0 saturated heterocycles. The van der Waals surface area contributed by atoms with E-state index in [0.29, 0.717) is 6.61 Å². The van der Waals surface area contributed by atoms with E-state index in [1.807, 2.05) is 0 Å². The van der Waals surface area contributed by atoms with Gasteiger partial charge in [-0.05, 0) is 18.6 Å². The average Bonchev–Trinajstić information content (AvgIpc) is 2.52. The number of carbonyl (C=O) groups excluding carboxylic acids is 1. The predicted octanol–water partition coefficient (Wildman–Crippen LogP) is 5.18. The number of hydrogen-bond acceptors (Lipinski definition) is 4. The molecule has 0 aliphatic heterocycles. The van der Waals surface area contributed by atoms with Crippen LogP contribution in [0.25, 0.3) is 0 Å². The fourth-order valence-electron chi connectivity index (χ4n) is 2.56. The van der Waals surface area contributed by atoms with Crippen LogP contribution < -0.4 is 0 Å². The molecule has 2 N–H and O–H groups in total. The Hall–Kier alpha value is -1.71. The van der Waals surface area contributed by atoms with Crippen LogP contribution in [0.15, 0.2) is 18.2 Å². The van der Waals surface area contributed by atoms with Crippen molar-refractivity contribution < 1.29 is 19.7 Å². The van der Waals surface area contributed by atoms with Gasteiger partial charge < -0.3 is 14.9 Å². The van der Waals surface area contributed by atoms with Crippen LogP contribution in [0.3, 0.4) is 0 Å². The third kappa shape index (κ3) is 7.91. The quantitative estimate of drug-likeness (QED) is 0.411. The summed E-state index contributed by atoms with van der Waals surface area (Å²) in [6.07, 6.45) is 12.2. The topological polar surface area (TPSA) is 66.8 Å². The fraction of sp³-hybridized carbons (Fsp3) is 0.632. The lowest BCUT2D eigenvalue weighted by atomic mass is 10.1. The minimum atomic E-state index is -0.670. The second-order valence-electron chi connectivity index (χ2n) is 5.99. The molecule has 4 nitrogen and oxygen atoms in total. The van der Waals surface area contributed by atoms with Crippen molar-refractivity contribution in [3.8, 4) is 11.5 Å². The standard InChI is InChI=1S/C19H30O4/c1-2-3-4-5-6-7-8-9-10-11-15-23-19(22)18-16(20)13-12-14-17(18)21/h12-14,20-21H,2-11,15H2,1H3. The number of rotatable bonds is 12. The third-order valence-electron chi connectivity index (χ3n) is 3.96. The van der Waals surface area contributed by atoms with Gasteiger partial charge in [-0.2, -0.15) is 0 Å². The fourth-order valence-corrected chi connectivity index (χ4v) is 2.56. The van der Waals surface area contributed by atoms with Crippen LogP contribution in [0.4, 0.5) is 0 Å². The molecule has 1 rings (SSSR count). The number of benzene rings is 1. The molecule has 0 aliphatic rings. The van der Waals surface area contributed by atoms with Crippen molar-refractivity contribution in [3.05, 3.63) is 23.8 Å². The SMILES string of the molecule is CCCCCCCCCCCCOC(=O)c1c(O)cccc1O. The number of esters is 1. The molecule has 0 heterocycles. The summed E-state index contributed by atoms with van der Waals surface area (Å²) < 4.78 is 5.10. The Bertz CT molecular complexity index is 436. The Kier molecular flexibility index (Phi) is 9.92. The lowest BCUT2D eigenvalue weighted by Crippen LogP contribution is -2.07. The molecule has 1 aromatic carbocycles. The van der Waals surface area contributed by atoms with Gasteiger partial charge in [0.25, 0.3) is 0 Å². The van der Waals surface area contributed by atoms with Gasteiger partial charge in [-0.15, -0.1) is 0 Å². The minimum absolute atomic E-state index is 0.153. The van der Waals surface area contributed by atoms with E-state index >= 15 is 0 Å². The van der Waals surface area contributed by atoms with Gasteiger partial charge in [-0.3, -0.25) is 0 Å². The Balaban J connectivity index is 2.04. The lowest BCUT2D eigenvalue weighted by molar-refractivity contribution is 0.0491. The first-order chi connectivity index (χ1) is 11.2. The van der Waals surface area contributed by atoms with E-state index in [0.717, 1.165) is 19.3 Å². The van der Waals surface area contributed by atoms with Gasteiger partial charge in [0.1, 0.15) is 17.1 Å². The van der Waals surface area contributed by atoms with Crippen molar-refractivity contribution in [2.24, 2.45) is 0 Å². The number of carbonyl (C=O) groups is 1. The molecule has 1 aromatic rings. The summed E-state index contributed by atoms with van der Waals surface area (Å²) in [6.45, 7) is 2.55. The maximum absolute atomic E-state index is 11.8. The Labute approximate surface area is 139 Å². The second-order valence-corrected chi connectivity index (χ2v) is 5.99. The third-order valence-corrected chi connectivity index (χ3v) is 3.96. The summed E-state index contributed by atoms with van der Waals surface area (Å²) >= 11 is 0. The normalized spacial score (nSPS) is 10.7. The van der Waals surface area contributed by atoms with E-state index in [4.69, 9.17) is 4.74 Å². The molecule has 0 atom stereocenters. The molecular weight excluding hydrogens is 292 g/mol. The van der Waals surface area contributed by atoms with Crippen LogP contribution in [-0.4, -0.2) is 22.8 Å². The molecule has 0 amide bonds. The summed E-state index contributed by atoms with van der Waals surface area (Å²) in [5, 5.41) is 19.2. The second kappa shape index (κ2) is 11.8.